The number of aromatic carboxylic acids is 1. The molecule has 180 valence electrons. The summed E-state index contributed by atoms with van der Waals surface area (Å²) in [6.45, 7) is 1.83. The van der Waals surface area contributed by atoms with E-state index in [2.05, 4.69) is 41.8 Å². The first-order valence-corrected chi connectivity index (χ1v) is 12.5. The van der Waals surface area contributed by atoms with Crippen molar-refractivity contribution in [3.63, 3.8) is 0 Å². The highest BCUT2D eigenvalue weighted by Crippen LogP contribution is 2.47. The van der Waals surface area contributed by atoms with Gasteiger partial charge in [-0.2, -0.15) is 0 Å². The summed E-state index contributed by atoms with van der Waals surface area (Å²) in [7, 11) is 4.13. The molecule has 2 heterocycles. The molecular formula is C28H35N3O3. The normalized spacial score (nSPS) is 19.7. The Labute approximate surface area is 201 Å². The summed E-state index contributed by atoms with van der Waals surface area (Å²) in [6.07, 6.45) is 6.10. The zero-order valence-electron chi connectivity index (χ0n) is 20.2. The molecule has 0 amide bonds. The Morgan fingerprint density at radius 2 is 1.94 bits per heavy atom. The van der Waals surface area contributed by atoms with Gasteiger partial charge in [-0.3, -0.25) is 0 Å². The van der Waals surface area contributed by atoms with Gasteiger partial charge in [0.15, 0.2) is 0 Å². The quantitative estimate of drug-likeness (QED) is 0.562. The van der Waals surface area contributed by atoms with E-state index in [1.54, 1.807) is 6.07 Å². The second-order valence-corrected chi connectivity index (χ2v) is 10.1. The van der Waals surface area contributed by atoms with Crippen molar-refractivity contribution in [2.45, 2.75) is 50.6 Å². The van der Waals surface area contributed by atoms with Gasteiger partial charge in [0.25, 0.3) is 0 Å². The fraction of sp³-hybridized carbons (Fsp3) is 0.464. The van der Waals surface area contributed by atoms with Crippen LogP contribution >= 0.6 is 0 Å². The van der Waals surface area contributed by atoms with Crippen LogP contribution in [-0.4, -0.2) is 53.8 Å². The van der Waals surface area contributed by atoms with Crippen molar-refractivity contribution in [3.05, 3.63) is 53.6 Å². The van der Waals surface area contributed by atoms with Gasteiger partial charge < -0.3 is 25.0 Å². The molecule has 3 N–H and O–H groups in total. The van der Waals surface area contributed by atoms with Crippen LogP contribution < -0.4 is 10.5 Å². The average molecular weight is 462 g/mol. The molecule has 5 rings (SSSR count). The van der Waals surface area contributed by atoms with E-state index in [-0.39, 0.29) is 12.0 Å². The number of rotatable bonds is 5. The molecule has 1 aliphatic heterocycles. The number of benzene rings is 2. The number of nitrogens with two attached hydrogens (primary N) is 1. The van der Waals surface area contributed by atoms with Crippen LogP contribution in [0.4, 0.5) is 0 Å². The summed E-state index contributed by atoms with van der Waals surface area (Å²) >= 11 is 0. The van der Waals surface area contributed by atoms with Crippen LogP contribution in [0.3, 0.4) is 0 Å². The number of para-hydroxylation sites is 1. The predicted molar refractivity (Wildman–Crippen MR) is 136 cm³/mol. The van der Waals surface area contributed by atoms with Gasteiger partial charge in [-0.25, -0.2) is 4.79 Å². The zero-order chi connectivity index (χ0) is 23.8. The van der Waals surface area contributed by atoms with Crippen LogP contribution in [0.15, 0.2) is 42.5 Å². The summed E-state index contributed by atoms with van der Waals surface area (Å²) in [5.74, 6) is 0.626. The number of ether oxygens (including phenoxy) is 1. The molecule has 1 aromatic heterocycles. The van der Waals surface area contributed by atoms with Crippen molar-refractivity contribution in [1.82, 2.24) is 9.47 Å². The van der Waals surface area contributed by atoms with Crippen molar-refractivity contribution in [2.75, 3.05) is 27.2 Å². The molecule has 2 aliphatic rings. The zero-order valence-corrected chi connectivity index (χ0v) is 20.2. The number of carboxylic acid groups (broad SMARTS) is 1. The first kappa shape index (κ1) is 22.9. The molecule has 1 fully saturated rings. The van der Waals surface area contributed by atoms with Gasteiger partial charge in [0, 0.05) is 41.5 Å². The maximum absolute atomic E-state index is 11.9. The van der Waals surface area contributed by atoms with Crippen molar-refractivity contribution < 1.29 is 14.6 Å². The van der Waals surface area contributed by atoms with E-state index in [9.17, 15) is 9.90 Å². The fourth-order valence-corrected chi connectivity index (χ4v) is 6.12. The summed E-state index contributed by atoms with van der Waals surface area (Å²) in [6, 6.07) is 14.1. The largest absolute Gasteiger partial charge is 0.492 e. The van der Waals surface area contributed by atoms with Gasteiger partial charge in [0.05, 0.1) is 17.9 Å². The van der Waals surface area contributed by atoms with E-state index in [1.165, 1.54) is 48.7 Å². The SMILES string of the molecule is CN(C)C(CN)C1COc2ccccc2-c2c(C3CCCCC3)c3ccc(C(=O)O)cc3n2C1. The lowest BCUT2D eigenvalue weighted by Crippen LogP contribution is -2.45. The Bertz CT molecular complexity index is 1190. The molecule has 2 unspecified atom stereocenters. The van der Waals surface area contributed by atoms with Gasteiger partial charge in [-0.15, -0.1) is 0 Å². The minimum atomic E-state index is -0.893. The van der Waals surface area contributed by atoms with Gasteiger partial charge in [-0.05, 0) is 62.7 Å². The molecule has 6 heteroatoms. The lowest BCUT2D eigenvalue weighted by molar-refractivity contribution is 0.0697. The molecule has 1 aliphatic carbocycles. The third kappa shape index (κ3) is 3.99. The molecule has 6 nitrogen and oxygen atoms in total. The molecule has 2 atom stereocenters. The van der Waals surface area contributed by atoms with E-state index >= 15 is 0 Å². The highest BCUT2D eigenvalue weighted by Gasteiger charge is 2.33. The minimum absolute atomic E-state index is 0.149. The molecule has 3 aromatic rings. The van der Waals surface area contributed by atoms with Crippen LogP contribution in [0.1, 0.15) is 53.9 Å². The molecule has 0 radical (unpaired) electrons. The summed E-state index contributed by atoms with van der Waals surface area (Å²) < 4.78 is 8.82. The standard InChI is InChI=1S/C28H35N3O3/c1-30(2)24(15-29)20-16-31-23-14-19(28(32)33)12-13-21(23)26(18-8-4-3-5-9-18)27(31)22-10-6-7-11-25(22)34-17-20/h6-7,10-14,18,20,24H,3-5,8-9,15-17,29H2,1-2H3,(H,32,33). The second kappa shape index (κ2) is 9.43. The highest BCUT2D eigenvalue weighted by atomic mass is 16.5. The van der Waals surface area contributed by atoms with E-state index < -0.39 is 5.97 Å². The van der Waals surface area contributed by atoms with Gasteiger partial charge >= 0.3 is 5.97 Å². The molecule has 0 spiro atoms. The first-order valence-electron chi connectivity index (χ1n) is 12.5. The topological polar surface area (TPSA) is 80.7 Å². The lowest BCUT2D eigenvalue weighted by atomic mass is 9.81. The van der Waals surface area contributed by atoms with Gasteiger partial charge in [0.1, 0.15) is 5.75 Å². The summed E-state index contributed by atoms with van der Waals surface area (Å²) in [4.78, 5) is 14.1. The number of hydrogen-bond acceptors (Lipinski definition) is 4. The van der Waals surface area contributed by atoms with Crippen LogP contribution in [-0.2, 0) is 6.54 Å². The molecule has 0 saturated heterocycles. The van der Waals surface area contributed by atoms with Crippen molar-refractivity contribution in [2.24, 2.45) is 11.7 Å². The number of carboxylic acids is 1. The number of nitrogens with zero attached hydrogens (tertiary/aromatic N) is 2. The average Bonchev–Trinajstić information content (AvgIpc) is 3.14. The number of aromatic nitrogens is 1. The van der Waals surface area contributed by atoms with E-state index in [1.807, 2.05) is 18.2 Å². The second-order valence-electron chi connectivity index (χ2n) is 10.1. The first-order chi connectivity index (χ1) is 16.5. The smallest absolute Gasteiger partial charge is 0.335 e. The van der Waals surface area contributed by atoms with Crippen LogP contribution in [0.2, 0.25) is 0 Å². The Morgan fingerprint density at radius 3 is 2.65 bits per heavy atom. The van der Waals surface area contributed by atoms with Crippen LogP contribution in [0.25, 0.3) is 22.2 Å². The Morgan fingerprint density at radius 1 is 1.18 bits per heavy atom. The lowest BCUT2D eigenvalue weighted by Gasteiger charge is -2.34. The predicted octanol–water partition coefficient (Wildman–Crippen LogP) is 4.95. The minimum Gasteiger partial charge on any atom is -0.492 e. The van der Waals surface area contributed by atoms with Crippen molar-refractivity contribution in [1.29, 1.82) is 0 Å². The fourth-order valence-electron chi connectivity index (χ4n) is 6.12. The highest BCUT2D eigenvalue weighted by molar-refractivity contribution is 5.98. The monoisotopic (exact) mass is 461 g/mol. The number of carbonyl (C=O) groups is 1. The third-order valence-electron chi connectivity index (χ3n) is 7.83. The Kier molecular flexibility index (Phi) is 6.36. The number of likely N-dealkylation sites (N-methyl/N-ethyl adjacent to an activating group) is 1. The third-order valence-corrected chi connectivity index (χ3v) is 7.83. The summed E-state index contributed by atoms with van der Waals surface area (Å²) in [5.41, 5.74) is 11.2. The maximum Gasteiger partial charge on any atom is 0.335 e. The Balaban J connectivity index is 1.80. The number of fused-ring (bicyclic) bond motifs is 5. The van der Waals surface area contributed by atoms with Crippen molar-refractivity contribution in [3.8, 4) is 17.0 Å². The maximum atomic E-state index is 11.9. The van der Waals surface area contributed by atoms with Gasteiger partial charge in [0.2, 0.25) is 0 Å². The van der Waals surface area contributed by atoms with Gasteiger partial charge in [-0.1, -0.05) is 37.5 Å². The van der Waals surface area contributed by atoms with E-state index in [4.69, 9.17) is 10.5 Å². The van der Waals surface area contributed by atoms with E-state index in [0.29, 0.717) is 24.6 Å². The van der Waals surface area contributed by atoms with Crippen molar-refractivity contribution >= 4 is 16.9 Å². The molecule has 0 bridgehead atoms. The summed E-state index contributed by atoms with van der Waals surface area (Å²) in [5, 5.41) is 10.9. The molecule has 2 aromatic carbocycles. The van der Waals surface area contributed by atoms with Crippen LogP contribution in [0.5, 0.6) is 5.75 Å². The molecular weight excluding hydrogens is 426 g/mol. The number of hydrogen-bond donors (Lipinski definition) is 2. The molecule has 1 saturated carbocycles. The Hall–Kier alpha value is -2.83. The molecule has 34 heavy (non-hydrogen) atoms. The van der Waals surface area contributed by atoms with Crippen LogP contribution in [0, 0.1) is 5.92 Å². The van der Waals surface area contributed by atoms with E-state index in [0.717, 1.165) is 23.4 Å².